The van der Waals surface area contributed by atoms with Gasteiger partial charge in [0.2, 0.25) is 0 Å². The fourth-order valence-corrected chi connectivity index (χ4v) is 5.02. The van der Waals surface area contributed by atoms with Gasteiger partial charge in [0, 0.05) is 97.6 Å². The van der Waals surface area contributed by atoms with E-state index < -0.39 is 19.7 Å². The summed E-state index contributed by atoms with van der Waals surface area (Å²) in [6.45, 7) is 3.24. The van der Waals surface area contributed by atoms with Crippen LogP contribution < -0.4 is 9.80 Å². The van der Waals surface area contributed by atoms with E-state index in [0.717, 1.165) is 0 Å². The molecule has 0 aliphatic rings. The van der Waals surface area contributed by atoms with E-state index in [9.17, 15) is 40.5 Å². The van der Waals surface area contributed by atoms with E-state index in [-0.39, 0.29) is 22.7 Å². The average Bonchev–Trinajstić information content (AvgIpc) is 3.13. The van der Waals surface area contributed by atoms with E-state index in [2.05, 4.69) is 0 Å². The first-order valence-electron chi connectivity index (χ1n) is 15.9. The number of benzene rings is 4. The van der Waals surface area contributed by atoms with Crippen LogP contribution in [0, 0.1) is 40.5 Å². The SMILES string of the molecule is O=[N+]([O-])c1ccc(N(CCCOCCOCCOCCCN(c2ccc([N+](=O)[O-])cc2)c2ccc([N+](=O)[O-])cc2)c2ccc([N+](=O)[O-])cc2)cc1. The molecule has 4 aromatic carbocycles. The number of hydrogen-bond donors (Lipinski definition) is 0. The van der Waals surface area contributed by atoms with Crippen LogP contribution in [0.15, 0.2) is 97.1 Å². The molecule has 0 amide bonds. The summed E-state index contributed by atoms with van der Waals surface area (Å²) in [7, 11) is 0. The van der Waals surface area contributed by atoms with Crippen molar-refractivity contribution in [2.24, 2.45) is 0 Å². The third-order valence-corrected chi connectivity index (χ3v) is 7.57. The van der Waals surface area contributed by atoms with Crippen molar-refractivity contribution >= 4 is 45.5 Å². The summed E-state index contributed by atoms with van der Waals surface area (Å²) in [5.41, 5.74) is 2.63. The molecule has 0 unspecified atom stereocenters. The zero-order chi connectivity index (χ0) is 36.6. The number of nitro benzene ring substituents is 4. The molecule has 0 heterocycles. The first-order chi connectivity index (χ1) is 24.6. The summed E-state index contributed by atoms with van der Waals surface area (Å²) in [4.78, 5) is 46.2. The monoisotopic (exact) mass is 704 g/mol. The number of hydrogen-bond acceptors (Lipinski definition) is 13. The summed E-state index contributed by atoms with van der Waals surface area (Å²) in [6.07, 6.45) is 1.21. The van der Waals surface area contributed by atoms with Gasteiger partial charge >= 0.3 is 0 Å². The Bertz CT molecular complexity index is 1500. The molecular weight excluding hydrogens is 668 g/mol. The van der Waals surface area contributed by atoms with Crippen LogP contribution in [-0.4, -0.2) is 72.4 Å². The van der Waals surface area contributed by atoms with Crippen molar-refractivity contribution in [2.75, 3.05) is 62.5 Å². The van der Waals surface area contributed by atoms with Crippen molar-refractivity contribution in [1.29, 1.82) is 0 Å². The molecule has 0 spiro atoms. The lowest BCUT2D eigenvalue weighted by atomic mass is 10.2. The summed E-state index contributed by atoms with van der Waals surface area (Å²) < 4.78 is 17.0. The van der Waals surface area contributed by atoms with Gasteiger partial charge in [0.1, 0.15) is 0 Å². The summed E-state index contributed by atoms with van der Waals surface area (Å²) in [5, 5.41) is 44.3. The third kappa shape index (κ3) is 11.5. The molecule has 0 aliphatic heterocycles. The number of nitrogens with zero attached hydrogens (tertiary/aromatic N) is 6. The van der Waals surface area contributed by atoms with Gasteiger partial charge in [-0.3, -0.25) is 40.5 Å². The van der Waals surface area contributed by atoms with Crippen molar-refractivity contribution < 1.29 is 33.9 Å². The predicted octanol–water partition coefficient (Wildman–Crippen LogP) is 7.13. The smallest absolute Gasteiger partial charge is 0.269 e. The van der Waals surface area contributed by atoms with E-state index in [1.54, 1.807) is 48.5 Å². The lowest BCUT2D eigenvalue weighted by Gasteiger charge is -2.25. The quantitative estimate of drug-likeness (QED) is 0.0454. The van der Waals surface area contributed by atoms with Crippen molar-refractivity contribution in [1.82, 2.24) is 0 Å². The van der Waals surface area contributed by atoms with Gasteiger partial charge < -0.3 is 24.0 Å². The van der Waals surface area contributed by atoms with Crippen molar-refractivity contribution in [3.05, 3.63) is 138 Å². The van der Waals surface area contributed by atoms with Crippen molar-refractivity contribution in [3.8, 4) is 0 Å². The molecule has 4 aromatic rings. The lowest BCUT2D eigenvalue weighted by Crippen LogP contribution is -2.20. The van der Waals surface area contributed by atoms with Crippen molar-refractivity contribution in [2.45, 2.75) is 12.8 Å². The highest BCUT2D eigenvalue weighted by molar-refractivity contribution is 5.66. The zero-order valence-electron chi connectivity index (χ0n) is 27.5. The van der Waals surface area contributed by atoms with E-state index >= 15 is 0 Å². The van der Waals surface area contributed by atoms with Crippen LogP contribution in [0.1, 0.15) is 12.8 Å². The van der Waals surface area contributed by atoms with Gasteiger partial charge in [-0.2, -0.15) is 0 Å². The van der Waals surface area contributed by atoms with Crippen molar-refractivity contribution in [3.63, 3.8) is 0 Å². The number of nitro groups is 4. The normalized spacial score (nSPS) is 10.8. The molecule has 268 valence electrons. The van der Waals surface area contributed by atoms with Crippen LogP contribution in [0.25, 0.3) is 0 Å². The van der Waals surface area contributed by atoms with Gasteiger partial charge in [-0.15, -0.1) is 0 Å². The predicted molar refractivity (Wildman–Crippen MR) is 188 cm³/mol. The highest BCUT2D eigenvalue weighted by atomic mass is 16.6. The Morgan fingerprint density at radius 2 is 0.588 bits per heavy atom. The molecule has 0 aliphatic carbocycles. The highest BCUT2D eigenvalue weighted by Crippen LogP contribution is 2.30. The van der Waals surface area contributed by atoms with Crippen LogP contribution in [0.2, 0.25) is 0 Å². The molecule has 0 atom stereocenters. The van der Waals surface area contributed by atoms with Gasteiger partial charge in [-0.05, 0) is 61.4 Å². The van der Waals surface area contributed by atoms with Crippen LogP contribution in [-0.2, 0) is 14.2 Å². The largest absolute Gasteiger partial charge is 0.379 e. The Labute approximate surface area is 292 Å². The lowest BCUT2D eigenvalue weighted by molar-refractivity contribution is -0.385. The first-order valence-corrected chi connectivity index (χ1v) is 15.9. The van der Waals surface area contributed by atoms with Gasteiger partial charge in [0.05, 0.1) is 46.1 Å². The minimum atomic E-state index is -0.478. The number of anilines is 4. The van der Waals surface area contributed by atoms with Gasteiger partial charge in [-0.1, -0.05) is 0 Å². The van der Waals surface area contributed by atoms with E-state index in [1.807, 2.05) is 9.80 Å². The second-order valence-electron chi connectivity index (χ2n) is 10.9. The second-order valence-corrected chi connectivity index (χ2v) is 10.9. The molecule has 0 radical (unpaired) electrons. The molecule has 0 saturated carbocycles. The van der Waals surface area contributed by atoms with Crippen LogP contribution in [0.5, 0.6) is 0 Å². The Kier molecular flexibility index (Phi) is 14.2. The molecule has 0 saturated heterocycles. The fourth-order valence-electron chi connectivity index (χ4n) is 5.02. The maximum atomic E-state index is 11.1. The summed E-state index contributed by atoms with van der Waals surface area (Å²) >= 11 is 0. The fraction of sp³-hybridized carbons (Fsp3) is 0.294. The van der Waals surface area contributed by atoms with Gasteiger partial charge in [0.25, 0.3) is 22.7 Å². The minimum absolute atomic E-state index is 0.0397. The van der Waals surface area contributed by atoms with Gasteiger partial charge in [-0.25, -0.2) is 0 Å². The highest BCUT2D eigenvalue weighted by Gasteiger charge is 2.15. The molecule has 4 rings (SSSR count). The van der Waals surface area contributed by atoms with Crippen LogP contribution >= 0.6 is 0 Å². The Hall–Kier alpha value is -6.04. The number of ether oxygens (including phenoxy) is 3. The molecule has 17 heteroatoms. The Morgan fingerprint density at radius 1 is 0.373 bits per heavy atom. The molecule has 17 nitrogen and oxygen atoms in total. The molecular formula is C34H36N6O11. The summed E-state index contributed by atoms with van der Waals surface area (Å²) in [5.74, 6) is 0. The van der Waals surface area contributed by atoms with Crippen LogP contribution in [0.4, 0.5) is 45.5 Å². The maximum Gasteiger partial charge on any atom is 0.269 e. The Balaban J connectivity index is 1.14. The average molecular weight is 705 g/mol. The molecule has 51 heavy (non-hydrogen) atoms. The number of rotatable bonds is 22. The molecule has 0 aromatic heterocycles. The zero-order valence-corrected chi connectivity index (χ0v) is 27.5. The first kappa shape index (κ1) is 37.8. The van der Waals surface area contributed by atoms with E-state index in [1.165, 1.54) is 48.5 Å². The second kappa shape index (κ2) is 19.2. The molecule has 0 N–H and O–H groups in total. The third-order valence-electron chi connectivity index (χ3n) is 7.57. The molecule has 0 bridgehead atoms. The van der Waals surface area contributed by atoms with E-state index in [4.69, 9.17) is 14.2 Å². The summed E-state index contributed by atoms with van der Waals surface area (Å²) in [6, 6.07) is 24.3. The standard InChI is InChI=1S/C34H36N6O11/c41-37(42)31-11-3-27(4-12-31)35(28-5-13-32(14-6-28)38(43)44)19-1-21-49-23-25-51-26-24-50-22-2-20-36(29-7-15-33(16-8-29)39(45)46)30-9-17-34(18-10-30)40(47)48/h3-18H,1-2,19-26H2. The number of non-ortho nitro benzene ring substituents is 4. The van der Waals surface area contributed by atoms with Gasteiger partial charge in [0.15, 0.2) is 0 Å². The van der Waals surface area contributed by atoms with E-state index in [0.29, 0.717) is 88.3 Å². The van der Waals surface area contributed by atoms with Crippen LogP contribution in [0.3, 0.4) is 0 Å². The minimum Gasteiger partial charge on any atom is -0.379 e. The molecule has 0 fully saturated rings. The topological polar surface area (TPSA) is 207 Å². The maximum absolute atomic E-state index is 11.1. The Morgan fingerprint density at radius 3 is 0.804 bits per heavy atom.